The van der Waals surface area contributed by atoms with Gasteiger partial charge >= 0.3 is 0 Å². The molecule has 1 aromatic heterocycles. The molecule has 0 spiro atoms. The Kier molecular flexibility index (Phi) is 5.04. The van der Waals surface area contributed by atoms with Gasteiger partial charge in [0.1, 0.15) is 11.5 Å². The number of hydrogen-bond donors (Lipinski definition) is 0. The fourth-order valence-corrected chi connectivity index (χ4v) is 3.49. The molecule has 3 rings (SSSR count). The molecule has 6 heteroatoms. The lowest BCUT2D eigenvalue weighted by Crippen LogP contribution is -2.30. The zero-order valence-electron chi connectivity index (χ0n) is 13.7. The van der Waals surface area contributed by atoms with Gasteiger partial charge in [-0.15, -0.1) is 0 Å². The van der Waals surface area contributed by atoms with Crippen molar-refractivity contribution >= 4 is 21.8 Å². The van der Waals surface area contributed by atoms with Crippen molar-refractivity contribution in [2.45, 2.75) is 18.9 Å². The zero-order valence-corrected chi connectivity index (χ0v) is 15.2. The highest BCUT2D eigenvalue weighted by Gasteiger charge is 2.32. The normalized spacial score (nSPS) is 17.0. The van der Waals surface area contributed by atoms with Crippen molar-refractivity contribution in [2.24, 2.45) is 0 Å². The summed E-state index contributed by atoms with van der Waals surface area (Å²) in [6.45, 7) is 0.719. The van der Waals surface area contributed by atoms with Crippen molar-refractivity contribution in [3.63, 3.8) is 0 Å². The first kappa shape index (κ1) is 16.8. The van der Waals surface area contributed by atoms with Crippen molar-refractivity contribution in [3.05, 3.63) is 52.3 Å². The molecule has 1 saturated heterocycles. The zero-order chi connectivity index (χ0) is 17.1. The Morgan fingerprint density at radius 2 is 2.08 bits per heavy atom. The van der Waals surface area contributed by atoms with E-state index in [1.165, 1.54) is 0 Å². The molecule has 0 aliphatic carbocycles. The van der Waals surface area contributed by atoms with Gasteiger partial charge in [0, 0.05) is 29.0 Å². The third-order valence-corrected chi connectivity index (χ3v) is 4.70. The molecule has 126 valence electrons. The fraction of sp³-hybridized carbons (Fsp3) is 0.333. The topological polar surface area (TPSA) is 51.7 Å². The predicted molar refractivity (Wildman–Crippen MR) is 94.5 cm³/mol. The minimum atomic E-state index is -0.0264. The minimum absolute atomic E-state index is 0.0174. The second kappa shape index (κ2) is 7.21. The van der Waals surface area contributed by atoms with Crippen LogP contribution in [0, 0.1) is 0 Å². The number of aromatic nitrogens is 1. The Morgan fingerprint density at radius 3 is 2.79 bits per heavy atom. The number of methoxy groups -OCH3 is 2. The van der Waals surface area contributed by atoms with Gasteiger partial charge in [-0.2, -0.15) is 0 Å². The summed E-state index contributed by atoms with van der Waals surface area (Å²) in [4.78, 5) is 18.9. The summed E-state index contributed by atoms with van der Waals surface area (Å²) < 4.78 is 11.6. The van der Waals surface area contributed by atoms with E-state index in [2.05, 4.69) is 20.9 Å². The van der Waals surface area contributed by atoms with Gasteiger partial charge in [0.05, 0.1) is 25.8 Å². The maximum Gasteiger partial charge on any atom is 0.255 e. The summed E-state index contributed by atoms with van der Waals surface area (Å²) in [6.07, 6.45) is 5.13. The van der Waals surface area contributed by atoms with Crippen LogP contribution in [-0.2, 0) is 0 Å². The molecule has 0 bridgehead atoms. The van der Waals surface area contributed by atoms with Crippen LogP contribution >= 0.6 is 15.9 Å². The molecule has 24 heavy (non-hydrogen) atoms. The van der Waals surface area contributed by atoms with Gasteiger partial charge in [-0.1, -0.05) is 0 Å². The summed E-state index contributed by atoms with van der Waals surface area (Å²) >= 11 is 3.37. The van der Waals surface area contributed by atoms with E-state index in [1.807, 2.05) is 23.1 Å². The van der Waals surface area contributed by atoms with Crippen LogP contribution in [0.2, 0.25) is 0 Å². The highest BCUT2D eigenvalue weighted by Crippen LogP contribution is 2.39. The molecule has 1 amide bonds. The van der Waals surface area contributed by atoms with E-state index in [0.29, 0.717) is 5.56 Å². The Hall–Kier alpha value is -2.08. The standard InChI is InChI=1S/C18H19BrN2O3/c1-23-14-5-6-17(24-2)15(9-14)16-4-3-7-21(16)18(22)12-8-13(19)11-20-10-12/h5-6,8-11,16H,3-4,7H2,1-2H3. The lowest BCUT2D eigenvalue weighted by molar-refractivity contribution is 0.0733. The SMILES string of the molecule is COc1ccc(OC)c(C2CCCN2C(=O)c2cncc(Br)c2)c1. The first-order chi connectivity index (χ1) is 11.6. The van der Waals surface area contributed by atoms with Crippen LogP contribution in [0.5, 0.6) is 11.5 Å². The average molecular weight is 391 g/mol. The lowest BCUT2D eigenvalue weighted by Gasteiger charge is -2.26. The summed E-state index contributed by atoms with van der Waals surface area (Å²) in [5.41, 5.74) is 1.56. The number of likely N-dealkylation sites (tertiary alicyclic amines) is 1. The molecule has 1 fully saturated rings. The molecule has 1 aliphatic heterocycles. The van der Waals surface area contributed by atoms with Gasteiger partial charge in [0.2, 0.25) is 0 Å². The molecule has 0 saturated carbocycles. The molecule has 5 nitrogen and oxygen atoms in total. The van der Waals surface area contributed by atoms with Gasteiger partial charge in [-0.25, -0.2) is 0 Å². The van der Waals surface area contributed by atoms with Crippen LogP contribution < -0.4 is 9.47 Å². The molecule has 1 aromatic carbocycles. The lowest BCUT2D eigenvalue weighted by atomic mass is 10.0. The Bertz CT molecular complexity index is 751. The van der Waals surface area contributed by atoms with Gasteiger partial charge in [-0.3, -0.25) is 9.78 Å². The number of halogens is 1. The monoisotopic (exact) mass is 390 g/mol. The quantitative estimate of drug-likeness (QED) is 0.795. The third kappa shape index (κ3) is 3.24. The molecule has 2 heterocycles. The molecule has 0 radical (unpaired) electrons. The molecule has 1 unspecified atom stereocenters. The molecular formula is C18H19BrN2O3. The Labute approximate surface area is 149 Å². The second-order valence-electron chi connectivity index (χ2n) is 5.66. The fourth-order valence-electron chi connectivity index (χ4n) is 3.13. The van der Waals surface area contributed by atoms with E-state index in [1.54, 1.807) is 32.7 Å². The minimum Gasteiger partial charge on any atom is -0.497 e. The summed E-state index contributed by atoms with van der Waals surface area (Å²) in [5.74, 6) is 1.51. The van der Waals surface area contributed by atoms with Crippen LogP contribution in [0.15, 0.2) is 41.1 Å². The average Bonchev–Trinajstić information content (AvgIpc) is 3.10. The summed E-state index contributed by atoms with van der Waals surface area (Å²) in [6, 6.07) is 7.47. The molecule has 1 atom stereocenters. The molecule has 0 N–H and O–H groups in total. The van der Waals surface area contributed by atoms with E-state index in [4.69, 9.17) is 9.47 Å². The third-order valence-electron chi connectivity index (χ3n) is 4.26. The van der Waals surface area contributed by atoms with Gasteiger partial charge < -0.3 is 14.4 Å². The first-order valence-corrected chi connectivity index (χ1v) is 8.56. The number of benzene rings is 1. The van der Waals surface area contributed by atoms with Gasteiger partial charge in [0.15, 0.2) is 0 Å². The van der Waals surface area contributed by atoms with E-state index in [-0.39, 0.29) is 11.9 Å². The Morgan fingerprint density at radius 1 is 1.25 bits per heavy atom. The maximum absolute atomic E-state index is 12.9. The molecular weight excluding hydrogens is 372 g/mol. The smallest absolute Gasteiger partial charge is 0.255 e. The van der Waals surface area contributed by atoms with Crippen molar-refractivity contribution < 1.29 is 14.3 Å². The van der Waals surface area contributed by atoms with Crippen molar-refractivity contribution in [2.75, 3.05) is 20.8 Å². The van der Waals surface area contributed by atoms with Crippen LogP contribution in [0.25, 0.3) is 0 Å². The van der Waals surface area contributed by atoms with E-state index < -0.39 is 0 Å². The van der Waals surface area contributed by atoms with E-state index in [9.17, 15) is 4.79 Å². The largest absolute Gasteiger partial charge is 0.497 e. The van der Waals surface area contributed by atoms with Crippen molar-refractivity contribution in [1.82, 2.24) is 9.88 Å². The molecule has 2 aromatic rings. The second-order valence-corrected chi connectivity index (χ2v) is 6.57. The predicted octanol–water partition coefficient (Wildman–Crippen LogP) is 3.84. The van der Waals surface area contributed by atoms with Crippen LogP contribution in [0.1, 0.15) is 34.8 Å². The number of ether oxygens (including phenoxy) is 2. The highest BCUT2D eigenvalue weighted by molar-refractivity contribution is 9.10. The highest BCUT2D eigenvalue weighted by atomic mass is 79.9. The number of pyridine rings is 1. The van der Waals surface area contributed by atoms with Crippen LogP contribution in [-0.4, -0.2) is 36.6 Å². The van der Waals surface area contributed by atoms with Crippen LogP contribution in [0.3, 0.4) is 0 Å². The van der Waals surface area contributed by atoms with Crippen molar-refractivity contribution in [1.29, 1.82) is 0 Å². The molecule has 1 aliphatic rings. The summed E-state index contributed by atoms with van der Waals surface area (Å²) in [5, 5.41) is 0. The maximum atomic E-state index is 12.9. The number of nitrogens with zero attached hydrogens (tertiary/aromatic N) is 2. The van der Waals surface area contributed by atoms with Crippen molar-refractivity contribution in [3.8, 4) is 11.5 Å². The van der Waals surface area contributed by atoms with Gasteiger partial charge in [-0.05, 0) is 53.0 Å². The summed E-state index contributed by atoms with van der Waals surface area (Å²) in [7, 11) is 3.28. The van der Waals surface area contributed by atoms with E-state index in [0.717, 1.165) is 40.9 Å². The Balaban J connectivity index is 1.95. The number of carbonyl (C=O) groups excluding carboxylic acids is 1. The van der Waals surface area contributed by atoms with Crippen LogP contribution in [0.4, 0.5) is 0 Å². The number of hydrogen-bond acceptors (Lipinski definition) is 4. The first-order valence-electron chi connectivity index (χ1n) is 7.77. The number of amides is 1. The van der Waals surface area contributed by atoms with Gasteiger partial charge in [0.25, 0.3) is 5.91 Å². The van der Waals surface area contributed by atoms with E-state index >= 15 is 0 Å². The number of rotatable bonds is 4. The number of carbonyl (C=O) groups is 1.